The first-order valence-corrected chi connectivity index (χ1v) is 22.7. The van der Waals surface area contributed by atoms with E-state index < -0.39 is 52.3 Å². The Morgan fingerprint density at radius 3 is 2.04 bits per heavy atom. The van der Waals surface area contributed by atoms with Crippen LogP contribution in [0.1, 0.15) is 80.5 Å². The molecule has 8 nitrogen and oxygen atoms in total. The number of rotatable bonds is 10. The minimum Gasteiger partial charge on any atom is -0.479 e. The topological polar surface area (TPSA) is 96.0 Å². The van der Waals surface area contributed by atoms with Crippen LogP contribution in [0.15, 0.2) is 21.6 Å². The third kappa shape index (κ3) is 13.7. The molecule has 254 valence electrons. The van der Waals surface area contributed by atoms with E-state index in [0.29, 0.717) is 9.09 Å². The highest BCUT2D eigenvalue weighted by Gasteiger charge is 2.41. The zero-order chi connectivity index (χ0) is 35.2. The fourth-order valence-corrected chi connectivity index (χ4v) is 6.00. The van der Waals surface area contributed by atoms with Crippen molar-refractivity contribution in [1.82, 2.24) is 10.3 Å². The number of hydrogen-bond donors (Lipinski definition) is 1. The fourth-order valence-electron chi connectivity index (χ4n) is 3.21. The van der Waals surface area contributed by atoms with Gasteiger partial charge in [0.15, 0.2) is 25.3 Å². The molecule has 1 heterocycles. The van der Waals surface area contributed by atoms with E-state index in [9.17, 15) is 9.59 Å². The van der Waals surface area contributed by atoms with E-state index in [4.69, 9.17) is 30.2 Å². The van der Waals surface area contributed by atoms with Crippen LogP contribution in [-0.4, -0.2) is 58.4 Å². The Kier molecular flexibility index (Phi) is 15.0. The van der Waals surface area contributed by atoms with Crippen LogP contribution in [0.3, 0.4) is 0 Å². The van der Waals surface area contributed by atoms with Gasteiger partial charge in [-0.25, -0.2) is 9.78 Å². The molecule has 1 aromatic rings. The predicted octanol–water partition coefficient (Wildman–Crippen LogP) is 9.68. The lowest BCUT2D eigenvalue weighted by molar-refractivity contribution is -0.141. The molecule has 1 rings (SSSR count). The quantitative estimate of drug-likeness (QED) is 0.109. The number of carbonyl (C=O) groups is 2. The molecule has 0 aliphatic rings. The number of nitrogens with one attached hydrogen (secondary N) is 1. The summed E-state index contributed by atoms with van der Waals surface area (Å²) in [5.41, 5.74) is 3.22. The van der Waals surface area contributed by atoms with Crippen LogP contribution in [0, 0.1) is 11.5 Å². The molecule has 0 spiro atoms. The van der Waals surface area contributed by atoms with Crippen molar-refractivity contribution in [1.29, 1.82) is 0 Å². The van der Waals surface area contributed by atoms with Crippen molar-refractivity contribution in [3.05, 3.63) is 32.4 Å². The molecular weight excluding hydrogens is 760 g/mol. The van der Waals surface area contributed by atoms with Gasteiger partial charge < -0.3 is 24.0 Å². The summed E-state index contributed by atoms with van der Waals surface area (Å²) in [5, 5.41) is 2.72. The van der Waals surface area contributed by atoms with E-state index >= 15 is 0 Å². The van der Waals surface area contributed by atoms with Crippen molar-refractivity contribution in [2.75, 3.05) is 7.11 Å². The number of halogens is 3. The Morgan fingerprint density at radius 1 is 1.02 bits per heavy atom. The Balaban J connectivity index is 3.62. The van der Waals surface area contributed by atoms with Crippen molar-refractivity contribution < 1.29 is 28.2 Å². The van der Waals surface area contributed by atoms with Crippen molar-refractivity contribution in [2.24, 2.45) is 0 Å². The molecule has 0 saturated carbocycles. The maximum Gasteiger partial charge on any atom is 0.408 e. The molecule has 0 unspecified atom stereocenters. The van der Waals surface area contributed by atoms with Crippen LogP contribution >= 0.6 is 43.5 Å². The van der Waals surface area contributed by atoms with Gasteiger partial charge in [0.1, 0.15) is 19.8 Å². The number of alkyl carbamates (subject to hydrolysis) is 1. The third-order valence-electron chi connectivity index (χ3n) is 7.96. The van der Waals surface area contributed by atoms with Crippen LogP contribution in [-0.2, 0) is 18.7 Å². The van der Waals surface area contributed by atoms with Gasteiger partial charge in [0, 0.05) is 0 Å². The fraction of sp³-hybridized carbons (Fsp3) is 0.656. The van der Waals surface area contributed by atoms with Crippen LogP contribution in [0.4, 0.5) is 4.79 Å². The minimum absolute atomic E-state index is 0.0425. The van der Waals surface area contributed by atoms with Gasteiger partial charge in [0.25, 0.3) is 0 Å². The number of pyridine rings is 1. The van der Waals surface area contributed by atoms with E-state index in [2.05, 4.69) is 121 Å². The first-order valence-electron chi connectivity index (χ1n) is 14.8. The molecule has 0 saturated heterocycles. The maximum atomic E-state index is 12.6. The highest BCUT2D eigenvalue weighted by Crippen LogP contribution is 2.39. The number of aromatic nitrogens is 1. The number of carbonyl (C=O) groups excluding carboxylic acids is 2. The van der Waals surface area contributed by atoms with Crippen LogP contribution in [0.5, 0.6) is 5.75 Å². The predicted molar refractivity (Wildman–Crippen MR) is 195 cm³/mol. The van der Waals surface area contributed by atoms with E-state index in [-0.39, 0.29) is 27.4 Å². The maximum absolute atomic E-state index is 12.6. The van der Waals surface area contributed by atoms with Crippen LogP contribution in [0.25, 0.3) is 0 Å². The number of hydrogen-bond acceptors (Lipinski definition) is 7. The van der Waals surface area contributed by atoms with E-state index in [1.54, 1.807) is 32.9 Å². The molecular formula is C32H51Br2ClN2O6Si2. The summed E-state index contributed by atoms with van der Waals surface area (Å²) >= 11 is 13.7. The molecule has 0 fully saturated rings. The molecule has 1 aromatic heterocycles. The molecule has 0 aliphatic carbocycles. The highest BCUT2D eigenvalue weighted by molar-refractivity contribution is 9.28. The van der Waals surface area contributed by atoms with E-state index in [1.165, 1.54) is 7.11 Å². The van der Waals surface area contributed by atoms with Crippen LogP contribution in [0.2, 0.25) is 41.4 Å². The number of esters is 1. The molecule has 1 N–H and O–H groups in total. The molecule has 0 radical (unpaired) electrons. The summed E-state index contributed by atoms with van der Waals surface area (Å²) in [6.45, 7) is 27.3. The highest BCUT2D eigenvalue weighted by atomic mass is 79.9. The monoisotopic (exact) mass is 808 g/mol. The lowest BCUT2D eigenvalue weighted by Gasteiger charge is -2.39. The SMILES string of the molecule is COC(=O)C[C@@H](NC(=O)OC(C)(C)C)c1ccc(O[C@@H](C=C(Br)Br)[C@H](C#C[Si](C)(C)C(C)(C)C)O[Si](C)(C)C(C)(C)C)c(Cl)n1. The van der Waals surface area contributed by atoms with Gasteiger partial charge in [0.05, 0.1) is 28.7 Å². The number of amides is 1. The second kappa shape index (κ2) is 16.2. The summed E-state index contributed by atoms with van der Waals surface area (Å²) in [4.78, 5) is 29.2. The Morgan fingerprint density at radius 2 is 1.60 bits per heavy atom. The van der Waals surface area contributed by atoms with Gasteiger partial charge in [-0.2, -0.15) is 0 Å². The standard InChI is InChI=1S/C32H51Br2ClN2O6Si2/c1-30(2,3)42-29(39)37-22(19-27(38)40-10)21-15-16-24(28(35)36-21)41-25(20-26(33)34)23(43-45(13,14)32(7,8)9)17-18-44(11,12)31(4,5)6/h15-16,20,22-23,25H,19H2,1-14H3,(H,37,39)/t22-,23+,25+/m1/s1. The lowest BCUT2D eigenvalue weighted by atomic mass is 10.1. The van der Waals surface area contributed by atoms with Crippen molar-refractivity contribution in [3.63, 3.8) is 0 Å². The molecule has 13 heteroatoms. The molecule has 1 amide bonds. The molecule has 45 heavy (non-hydrogen) atoms. The second-order valence-electron chi connectivity index (χ2n) is 15.0. The zero-order valence-corrected chi connectivity index (χ0v) is 35.1. The average Bonchev–Trinajstić information content (AvgIpc) is 2.83. The van der Waals surface area contributed by atoms with Crippen molar-refractivity contribution >= 4 is 71.9 Å². The first kappa shape index (κ1) is 41.7. The zero-order valence-electron chi connectivity index (χ0n) is 29.2. The Labute approximate surface area is 294 Å². The third-order valence-corrected chi connectivity index (χ3v) is 17.7. The van der Waals surface area contributed by atoms with Crippen LogP contribution < -0.4 is 10.1 Å². The smallest absolute Gasteiger partial charge is 0.408 e. The summed E-state index contributed by atoms with van der Waals surface area (Å²) in [6.07, 6.45) is -0.310. The minimum atomic E-state index is -2.30. The summed E-state index contributed by atoms with van der Waals surface area (Å²) in [6, 6.07) is 2.44. The summed E-state index contributed by atoms with van der Waals surface area (Å²) in [7, 11) is -3.02. The van der Waals surface area contributed by atoms with Crippen molar-refractivity contribution in [3.8, 4) is 17.2 Å². The molecule has 0 aliphatic heterocycles. The number of nitrogens with zero attached hydrogens (tertiary/aromatic N) is 1. The normalized spacial score (nSPS) is 14.7. The average molecular weight is 811 g/mol. The Hall–Kier alpha value is -1.37. The molecule has 3 atom stereocenters. The second-order valence-corrected chi connectivity index (χ2v) is 27.9. The number of ether oxygens (including phenoxy) is 3. The van der Waals surface area contributed by atoms with Gasteiger partial charge in [0.2, 0.25) is 0 Å². The van der Waals surface area contributed by atoms with Gasteiger partial charge in [-0.1, -0.05) is 72.2 Å². The lowest BCUT2D eigenvalue weighted by Crippen LogP contribution is -2.48. The summed E-state index contributed by atoms with van der Waals surface area (Å²) in [5.74, 6) is 3.23. The van der Waals surface area contributed by atoms with E-state index in [0.717, 1.165) is 0 Å². The van der Waals surface area contributed by atoms with Gasteiger partial charge in [-0.05, 0) is 94.0 Å². The molecule has 0 bridgehead atoms. The van der Waals surface area contributed by atoms with E-state index in [1.807, 2.05) is 6.08 Å². The van der Waals surface area contributed by atoms with Gasteiger partial charge in [-0.3, -0.25) is 4.79 Å². The van der Waals surface area contributed by atoms with Gasteiger partial charge in [-0.15, -0.1) is 5.54 Å². The summed E-state index contributed by atoms with van der Waals surface area (Å²) < 4.78 is 24.3. The molecule has 0 aromatic carbocycles. The van der Waals surface area contributed by atoms with Gasteiger partial charge >= 0.3 is 12.1 Å². The van der Waals surface area contributed by atoms with Crippen molar-refractivity contribution in [2.45, 2.75) is 129 Å². The Bertz CT molecular complexity index is 1290. The number of methoxy groups -OCH3 is 1. The largest absolute Gasteiger partial charge is 0.479 e. The first-order chi connectivity index (χ1) is 20.2.